The van der Waals surface area contributed by atoms with Gasteiger partial charge >= 0.3 is 0 Å². The number of nitrogens with one attached hydrogen (secondary N) is 1. The van der Waals surface area contributed by atoms with Gasteiger partial charge in [-0.15, -0.1) is 0 Å². The maximum Gasteiger partial charge on any atom is 0.115 e. The number of rotatable bonds is 3. The van der Waals surface area contributed by atoms with Crippen molar-refractivity contribution >= 4 is 5.69 Å². The van der Waals surface area contributed by atoms with Gasteiger partial charge in [-0.05, 0) is 67.1 Å². The molecule has 0 aromatic heterocycles. The molecular formula is C17H19NO. The van der Waals surface area contributed by atoms with Gasteiger partial charge in [-0.3, -0.25) is 0 Å². The standard InChI is InChI=1S/C17H19NO/c1-12(14-5-3-7-17(19)11-14)18-16-9-8-13-4-2-6-15(13)10-16/h3,5,7-12,18-19H,2,4,6H2,1H3. The molecule has 1 atom stereocenters. The Balaban J connectivity index is 1.77. The minimum absolute atomic E-state index is 0.187. The lowest BCUT2D eigenvalue weighted by Crippen LogP contribution is -2.06. The van der Waals surface area contributed by atoms with Crippen molar-refractivity contribution in [2.75, 3.05) is 5.32 Å². The first kappa shape index (κ1) is 12.1. The zero-order valence-electron chi connectivity index (χ0n) is 11.2. The molecule has 0 saturated heterocycles. The van der Waals surface area contributed by atoms with Crippen LogP contribution in [-0.4, -0.2) is 5.11 Å². The first-order valence-corrected chi connectivity index (χ1v) is 6.89. The van der Waals surface area contributed by atoms with E-state index < -0.39 is 0 Å². The largest absolute Gasteiger partial charge is 0.508 e. The summed E-state index contributed by atoms with van der Waals surface area (Å²) in [6.07, 6.45) is 3.70. The van der Waals surface area contributed by atoms with Crippen molar-refractivity contribution in [3.05, 3.63) is 59.2 Å². The number of phenolic OH excluding ortho intramolecular Hbond substituents is 1. The van der Waals surface area contributed by atoms with Crippen LogP contribution >= 0.6 is 0 Å². The van der Waals surface area contributed by atoms with Crippen molar-refractivity contribution in [2.45, 2.75) is 32.2 Å². The third kappa shape index (κ3) is 2.58. The highest BCUT2D eigenvalue weighted by molar-refractivity contribution is 5.51. The van der Waals surface area contributed by atoms with Gasteiger partial charge in [-0.25, -0.2) is 0 Å². The minimum Gasteiger partial charge on any atom is -0.508 e. The lowest BCUT2D eigenvalue weighted by molar-refractivity contribution is 0.474. The van der Waals surface area contributed by atoms with Crippen LogP contribution in [0.15, 0.2) is 42.5 Å². The van der Waals surface area contributed by atoms with Crippen LogP contribution < -0.4 is 5.32 Å². The molecule has 2 N–H and O–H groups in total. The van der Waals surface area contributed by atoms with E-state index in [0.717, 1.165) is 11.3 Å². The summed E-state index contributed by atoms with van der Waals surface area (Å²) in [6, 6.07) is 14.3. The van der Waals surface area contributed by atoms with Crippen molar-refractivity contribution in [2.24, 2.45) is 0 Å². The van der Waals surface area contributed by atoms with Gasteiger partial charge < -0.3 is 10.4 Å². The molecule has 2 heteroatoms. The first-order valence-electron chi connectivity index (χ1n) is 6.89. The van der Waals surface area contributed by atoms with Crippen LogP contribution in [0.5, 0.6) is 5.75 Å². The highest BCUT2D eigenvalue weighted by Gasteiger charge is 2.12. The number of hydrogen-bond donors (Lipinski definition) is 2. The molecule has 3 rings (SSSR count). The summed E-state index contributed by atoms with van der Waals surface area (Å²) in [5.74, 6) is 0.320. The highest BCUT2D eigenvalue weighted by Crippen LogP contribution is 2.27. The minimum atomic E-state index is 0.187. The maximum absolute atomic E-state index is 9.53. The topological polar surface area (TPSA) is 32.3 Å². The SMILES string of the molecule is CC(Nc1ccc2c(c1)CCC2)c1cccc(O)c1. The molecule has 0 radical (unpaired) electrons. The van der Waals surface area contributed by atoms with Crippen LogP contribution in [0.3, 0.4) is 0 Å². The lowest BCUT2D eigenvalue weighted by Gasteiger charge is -2.16. The Bertz CT molecular complexity index is 592. The molecule has 2 aromatic rings. The molecule has 2 aromatic carbocycles. The lowest BCUT2D eigenvalue weighted by atomic mass is 10.1. The Kier molecular flexibility index (Phi) is 3.16. The summed E-state index contributed by atoms with van der Waals surface area (Å²) >= 11 is 0. The van der Waals surface area contributed by atoms with Crippen LogP contribution in [0.4, 0.5) is 5.69 Å². The van der Waals surface area contributed by atoms with Crippen LogP contribution in [0.1, 0.15) is 36.1 Å². The molecule has 0 aliphatic heterocycles. The average molecular weight is 253 g/mol. The molecule has 1 aliphatic rings. The zero-order chi connectivity index (χ0) is 13.2. The number of phenols is 1. The van der Waals surface area contributed by atoms with E-state index in [-0.39, 0.29) is 6.04 Å². The van der Waals surface area contributed by atoms with E-state index in [1.165, 1.54) is 30.4 Å². The van der Waals surface area contributed by atoms with Crippen molar-refractivity contribution < 1.29 is 5.11 Å². The van der Waals surface area contributed by atoms with Gasteiger partial charge in [0.1, 0.15) is 5.75 Å². The number of benzene rings is 2. The molecule has 0 spiro atoms. The van der Waals surface area contributed by atoms with E-state index in [1.54, 1.807) is 6.07 Å². The monoisotopic (exact) mass is 253 g/mol. The summed E-state index contributed by atoms with van der Waals surface area (Å²) in [7, 11) is 0. The molecule has 0 amide bonds. The highest BCUT2D eigenvalue weighted by atomic mass is 16.3. The number of anilines is 1. The zero-order valence-corrected chi connectivity index (χ0v) is 11.2. The predicted molar refractivity (Wildman–Crippen MR) is 78.6 cm³/mol. The maximum atomic E-state index is 9.53. The summed E-state index contributed by atoms with van der Waals surface area (Å²) in [4.78, 5) is 0. The van der Waals surface area contributed by atoms with E-state index in [0.29, 0.717) is 5.75 Å². The Hall–Kier alpha value is -1.96. The quantitative estimate of drug-likeness (QED) is 0.864. The first-order chi connectivity index (χ1) is 9.22. The molecular weight excluding hydrogens is 234 g/mol. The smallest absolute Gasteiger partial charge is 0.115 e. The number of aryl methyl sites for hydroxylation is 2. The van der Waals surface area contributed by atoms with Gasteiger partial charge in [0.25, 0.3) is 0 Å². The van der Waals surface area contributed by atoms with Gasteiger partial charge in [-0.1, -0.05) is 18.2 Å². The fourth-order valence-corrected chi connectivity index (χ4v) is 2.79. The molecule has 0 bridgehead atoms. The molecule has 1 aliphatic carbocycles. The summed E-state index contributed by atoms with van der Waals surface area (Å²) in [5, 5.41) is 13.0. The number of fused-ring (bicyclic) bond motifs is 1. The molecule has 0 saturated carbocycles. The van der Waals surface area contributed by atoms with E-state index in [9.17, 15) is 5.11 Å². The second-order valence-corrected chi connectivity index (χ2v) is 5.30. The van der Waals surface area contributed by atoms with Crippen molar-refractivity contribution in [1.29, 1.82) is 0 Å². The molecule has 0 fully saturated rings. The summed E-state index contributed by atoms with van der Waals surface area (Å²) in [6.45, 7) is 2.11. The van der Waals surface area contributed by atoms with Gasteiger partial charge in [0.15, 0.2) is 0 Å². The predicted octanol–water partition coefficient (Wildman–Crippen LogP) is 4.05. The van der Waals surface area contributed by atoms with E-state index >= 15 is 0 Å². The molecule has 0 heterocycles. The van der Waals surface area contributed by atoms with Gasteiger partial charge in [0, 0.05) is 11.7 Å². The van der Waals surface area contributed by atoms with Crippen molar-refractivity contribution in [1.82, 2.24) is 0 Å². The van der Waals surface area contributed by atoms with Gasteiger partial charge in [0.05, 0.1) is 0 Å². The second kappa shape index (κ2) is 4.96. The third-order valence-corrected chi connectivity index (χ3v) is 3.85. The fourth-order valence-electron chi connectivity index (χ4n) is 2.79. The Labute approximate surface area is 114 Å². The van der Waals surface area contributed by atoms with Gasteiger partial charge in [-0.2, -0.15) is 0 Å². The molecule has 1 unspecified atom stereocenters. The summed E-state index contributed by atoms with van der Waals surface area (Å²) < 4.78 is 0. The molecule has 98 valence electrons. The summed E-state index contributed by atoms with van der Waals surface area (Å²) in [5.41, 5.74) is 5.24. The Morgan fingerprint density at radius 2 is 1.89 bits per heavy atom. The molecule has 2 nitrogen and oxygen atoms in total. The van der Waals surface area contributed by atoms with Crippen LogP contribution in [0.25, 0.3) is 0 Å². The van der Waals surface area contributed by atoms with Gasteiger partial charge in [0.2, 0.25) is 0 Å². The van der Waals surface area contributed by atoms with Crippen LogP contribution in [0.2, 0.25) is 0 Å². The van der Waals surface area contributed by atoms with Crippen LogP contribution in [-0.2, 0) is 12.8 Å². The number of aromatic hydroxyl groups is 1. The van der Waals surface area contributed by atoms with Crippen LogP contribution in [0, 0.1) is 0 Å². The van der Waals surface area contributed by atoms with E-state index in [1.807, 2.05) is 18.2 Å². The van der Waals surface area contributed by atoms with E-state index in [4.69, 9.17) is 0 Å². The second-order valence-electron chi connectivity index (χ2n) is 5.30. The van der Waals surface area contributed by atoms with Crippen molar-refractivity contribution in [3.63, 3.8) is 0 Å². The normalized spacial score (nSPS) is 15.0. The molecule has 19 heavy (non-hydrogen) atoms. The number of hydrogen-bond acceptors (Lipinski definition) is 2. The Morgan fingerprint density at radius 3 is 2.74 bits per heavy atom. The Morgan fingerprint density at radius 1 is 1.05 bits per heavy atom. The fraction of sp³-hybridized carbons (Fsp3) is 0.294. The van der Waals surface area contributed by atoms with E-state index in [2.05, 4.69) is 30.4 Å². The third-order valence-electron chi connectivity index (χ3n) is 3.85. The van der Waals surface area contributed by atoms with Crippen molar-refractivity contribution in [3.8, 4) is 5.75 Å². The average Bonchev–Trinajstić information content (AvgIpc) is 2.86.